The second-order valence-electron chi connectivity index (χ2n) is 4.98. The van der Waals surface area contributed by atoms with Gasteiger partial charge in [-0.1, -0.05) is 60.7 Å². The largest absolute Gasteiger partial charge is 0.379 e. The molecule has 2 aromatic rings. The summed E-state index contributed by atoms with van der Waals surface area (Å²) in [5, 5.41) is 0. The Bertz CT molecular complexity index is 448. The molecule has 0 fully saturated rings. The molecule has 2 rings (SSSR count). The molecule has 0 aliphatic heterocycles. The lowest BCUT2D eigenvalue weighted by molar-refractivity contribution is 0.109. The SMILES string of the molecule is ClCCOCCN(Cc1ccccc1)Cc1ccccc1. The van der Waals surface area contributed by atoms with Crippen LogP contribution in [-0.2, 0) is 17.8 Å². The maximum atomic E-state index is 5.64. The highest BCUT2D eigenvalue weighted by atomic mass is 35.5. The summed E-state index contributed by atoms with van der Waals surface area (Å²) < 4.78 is 5.52. The van der Waals surface area contributed by atoms with Gasteiger partial charge in [-0.25, -0.2) is 0 Å². The van der Waals surface area contributed by atoms with E-state index in [2.05, 4.69) is 65.6 Å². The monoisotopic (exact) mass is 303 g/mol. The van der Waals surface area contributed by atoms with E-state index in [4.69, 9.17) is 16.3 Å². The third kappa shape index (κ3) is 6.30. The van der Waals surface area contributed by atoms with E-state index in [-0.39, 0.29) is 0 Å². The minimum atomic E-state index is 0.553. The van der Waals surface area contributed by atoms with E-state index < -0.39 is 0 Å². The molecule has 2 nitrogen and oxygen atoms in total. The molecule has 2 aromatic carbocycles. The summed E-state index contributed by atoms with van der Waals surface area (Å²) in [6, 6.07) is 21.1. The molecule has 0 N–H and O–H groups in total. The predicted octanol–water partition coefficient (Wildman–Crippen LogP) is 3.94. The zero-order valence-electron chi connectivity index (χ0n) is 12.2. The van der Waals surface area contributed by atoms with Crippen molar-refractivity contribution in [1.82, 2.24) is 4.90 Å². The highest BCUT2D eigenvalue weighted by molar-refractivity contribution is 6.17. The van der Waals surface area contributed by atoms with Crippen molar-refractivity contribution in [2.24, 2.45) is 0 Å². The van der Waals surface area contributed by atoms with Gasteiger partial charge in [0, 0.05) is 25.5 Å². The van der Waals surface area contributed by atoms with Crippen LogP contribution in [0.15, 0.2) is 60.7 Å². The topological polar surface area (TPSA) is 12.5 Å². The van der Waals surface area contributed by atoms with Crippen LogP contribution in [-0.4, -0.2) is 30.5 Å². The number of alkyl halides is 1. The predicted molar refractivity (Wildman–Crippen MR) is 88.5 cm³/mol. The van der Waals surface area contributed by atoms with Gasteiger partial charge in [-0.3, -0.25) is 4.90 Å². The standard InChI is InChI=1S/C18H22ClNO/c19-11-13-21-14-12-20(15-17-7-3-1-4-8-17)16-18-9-5-2-6-10-18/h1-10H,11-16H2. The van der Waals surface area contributed by atoms with Crippen LogP contribution < -0.4 is 0 Å². The molecule has 0 spiro atoms. The molecule has 0 aromatic heterocycles. The summed E-state index contributed by atoms with van der Waals surface area (Å²) in [5.41, 5.74) is 2.65. The maximum absolute atomic E-state index is 5.64. The Morgan fingerprint density at radius 2 is 1.29 bits per heavy atom. The van der Waals surface area contributed by atoms with Gasteiger partial charge in [0.15, 0.2) is 0 Å². The first kappa shape index (κ1) is 16.0. The van der Waals surface area contributed by atoms with Gasteiger partial charge < -0.3 is 4.74 Å². The van der Waals surface area contributed by atoms with Crippen molar-refractivity contribution < 1.29 is 4.74 Å². The number of ether oxygens (including phenoxy) is 1. The molecule has 0 aliphatic carbocycles. The van der Waals surface area contributed by atoms with Crippen LogP contribution in [0.3, 0.4) is 0 Å². The van der Waals surface area contributed by atoms with Crippen molar-refractivity contribution in [1.29, 1.82) is 0 Å². The van der Waals surface area contributed by atoms with Gasteiger partial charge in [-0.05, 0) is 11.1 Å². The lowest BCUT2D eigenvalue weighted by Crippen LogP contribution is -2.27. The molecule has 0 radical (unpaired) electrons. The van der Waals surface area contributed by atoms with Crippen LogP contribution in [0.4, 0.5) is 0 Å². The average Bonchev–Trinajstić information content (AvgIpc) is 2.53. The Hall–Kier alpha value is -1.35. The fraction of sp³-hybridized carbons (Fsp3) is 0.333. The lowest BCUT2D eigenvalue weighted by Gasteiger charge is -2.22. The van der Waals surface area contributed by atoms with Crippen molar-refractivity contribution in [3.8, 4) is 0 Å². The van der Waals surface area contributed by atoms with Gasteiger partial charge in [-0.15, -0.1) is 11.6 Å². The summed E-state index contributed by atoms with van der Waals surface area (Å²) in [6.45, 7) is 4.10. The molecular weight excluding hydrogens is 282 g/mol. The number of rotatable bonds is 9. The smallest absolute Gasteiger partial charge is 0.0602 e. The molecule has 112 valence electrons. The van der Waals surface area contributed by atoms with Crippen LogP contribution in [0, 0.1) is 0 Å². The van der Waals surface area contributed by atoms with Crippen LogP contribution in [0.25, 0.3) is 0 Å². The minimum absolute atomic E-state index is 0.553. The zero-order valence-corrected chi connectivity index (χ0v) is 13.0. The van der Waals surface area contributed by atoms with Crippen LogP contribution >= 0.6 is 11.6 Å². The first-order valence-electron chi connectivity index (χ1n) is 7.32. The third-order valence-electron chi connectivity index (χ3n) is 3.27. The van der Waals surface area contributed by atoms with Crippen molar-refractivity contribution in [2.45, 2.75) is 13.1 Å². The summed E-state index contributed by atoms with van der Waals surface area (Å²) in [5.74, 6) is 0.553. The molecule has 0 aliphatic rings. The van der Waals surface area contributed by atoms with Crippen molar-refractivity contribution >= 4 is 11.6 Å². The highest BCUT2D eigenvalue weighted by Gasteiger charge is 2.07. The molecule has 0 bridgehead atoms. The van der Waals surface area contributed by atoms with Gasteiger partial charge in [0.1, 0.15) is 0 Å². The van der Waals surface area contributed by atoms with E-state index in [0.717, 1.165) is 19.6 Å². The van der Waals surface area contributed by atoms with Gasteiger partial charge in [0.25, 0.3) is 0 Å². The minimum Gasteiger partial charge on any atom is -0.379 e. The van der Waals surface area contributed by atoms with Gasteiger partial charge in [-0.2, -0.15) is 0 Å². The van der Waals surface area contributed by atoms with E-state index in [1.807, 2.05) is 0 Å². The Labute approximate surface area is 132 Å². The van der Waals surface area contributed by atoms with Crippen molar-refractivity contribution in [2.75, 3.05) is 25.6 Å². The van der Waals surface area contributed by atoms with Crippen LogP contribution in [0.1, 0.15) is 11.1 Å². The van der Waals surface area contributed by atoms with E-state index in [9.17, 15) is 0 Å². The summed E-state index contributed by atoms with van der Waals surface area (Å²) in [4.78, 5) is 2.40. The van der Waals surface area contributed by atoms with Crippen molar-refractivity contribution in [3.05, 3.63) is 71.8 Å². The van der Waals surface area contributed by atoms with Crippen LogP contribution in [0.2, 0.25) is 0 Å². The Morgan fingerprint density at radius 3 is 1.76 bits per heavy atom. The van der Waals surface area contributed by atoms with Gasteiger partial charge >= 0.3 is 0 Å². The quantitative estimate of drug-likeness (QED) is 0.514. The number of hydrogen-bond acceptors (Lipinski definition) is 2. The second kappa shape index (κ2) is 9.56. The molecular formula is C18H22ClNO. The Morgan fingerprint density at radius 1 is 0.762 bits per heavy atom. The third-order valence-corrected chi connectivity index (χ3v) is 3.43. The molecule has 21 heavy (non-hydrogen) atoms. The molecule has 0 heterocycles. The fourth-order valence-electron chi connectivity index (χ4n) is 2.25. The van der Waals surface area contributed by atoms with E-state index in [0.29, 0.717) is 19.1 Å². The van der Waals surface area contributed by atoms with Crippen molar-refractivity contribution in [3.63, 3.8) is 0 Å². The van der Waals surface area contributed by atoms with Crippen LogP contribution in [0.5, 0.6) is 0 Å². The average molecular weight is 304 g/mol. The molecule has 3 heteroatoms. The number of nitrogens with zero attached hydrogens (tertiary/aromatic N) is 1. The molecule has 0 atom stereocenters. The first-order valence-corrected chi connectivity index (χ1v) is 7.86. The Balaban J connectivity index is 1.93. The normalized spacial score (nSPS) is 11.0. The van der Waals surface area contributed by atoms with Gasteiger partial charge in [0.2, 0.25) is 0 Å². The van der Waals surface area contributed by atoms with E-state index >= 15 is 0 Å². The molecule has 0 saturated carbocycles. The van der Waals surface area contributed by atoms with E-state index in [1.54, 1.807) is 0 Å². The zero-order chi connectivity index (χ0) is 14.8. The molecule has 0 saturated heterocycles. The summed E-state index contributed by atoms with van der Waals surface area (Å²) in [6.07, 6.45) is 0. The number of hydrogen-bond donors (Lipinski definition) is 0. The first-order chi connectivity index (χ1) is 10.4. The summed E-state index contributed by atoms with van der Waals surface area (Å²) >= 11 is 5.64. The number of benzene rings is 2. The Kier molecular flexibility index (Phi) is 7.30. The maximum Gasteiger partial charge on any atom is 0.0602 e. The molecule has 0 amide bonds. The summed E-state index contributed by atoms with van der Waals surface area (Å²) in [7, 11) is 0. The fourth-order valence-corrected chi connectivity index (χ4v) is 2.36. The lowest BCUT2D eigenvalue weighted by atomic mass is 10.1. The van der Waals surface area contributed by atoms with Gasteiger partial charge in [0.05, 0.1) is 13.2 Å². The number of halogens is 1. The second-order valence-corrected chi connectivity index (χ2v) is 5.36. The molecule has 0 unspecified atom stereocenters. The van der Waals surface area contributed by atoms with E-state index in [1.165, 1.54) is 11.1 Å². The highest BCUT2D eigenvalue weighted by Crippen LogP contribution is 2.09.